The SMILES string of the molecule is Cc1nc(C)c(C(=O)NC2(C(=O)O)CCCCCC2)o1. The van der Waals surface area contributed by atoms with Gasteiger partial charge in [0.05, 0.1) is 5.69 Å². The summed E-state index contributed by atoms with van der Waals surface area (Å²) < 4.78 is 5.26. The van der Waals surface area contributed by atoms with Crippen molar-refractivity contribution in [1.82, 2.24) is 10.3 Å². The first-order chi connectivity index (χ1) is 9.44. The van der Waals surface area contributed by atoms with Crippen LogP contribution >= 0.6 is 0 Å². The number of hydrogen-bond acceptors (Lipinski definition) is 4. The molecule has 6 heteroatoms. The summed E-state index contributed by atoms with van der Waals surface area (Å²) in [4.78, 5) is 27.9. The van der Waals surface area contributed by atoms with Gasteiger partial charge in [0, 0.05) is 6.92 Å². The molecular formula is C14H20N2O4. The van der Waals surface area contributed by atoms with Crippen LogP contribution in [0.5, 0.6) is 0 Å². The lowest BCUT2D eigenvalue weighted by Crippen LogP contribution is -2.54. The van der Waals surface area contributed by atoms with E-state index >= 15 is 0 Å². The van der Waals surface area contributed by atoms with Crippen LogP contribution in [0.2, 0.25) is 0 Å². The Hall–Kier alpha value is -1.85. The number of aryl methyl sites for hydroxylation is 2. The predicted molar refractivity (Wildman–Crippen MR) is 71.5 cm³/mol. The molecule has 110 valence electrons. The monoisotopic (exact) mass is 280 g/mol. The Morgan fingerprint density at radius 1 is 1.20 bits per heavy atom. The number of carbonyl (C=O) groups excluding carboxylic acids is 1. The van der Waals surface area contributed by atoms with Crippen LogP contribution in [0.15, 0.2) is 4.42 Å². The fourth-order valence-electron chi connectivity index (χ4n) is 2.74. The average molecular weight is 280 g/mol. The maximum absolute atomic E-state index is 12.3. The van der Waals surface area contributed by atoms with E-state index in [0.29, 0.717) is 24.4 Å². The number of aromatic nitrogens is 1. The molecule has 1 saturated carbocycles. The van der Waals surface area contributed by atoms with Gasteiger partial charge in [-0.05, 0) is 19.8 Å². The highest BCUT2D eigenvalue weighted by Gasteiger charge is 2.41. The molecule has 0 saturated heterocycles. The quantitative estimate of drug-likeness (QED) is 0.828. The summed E-state index contributed by atoms with van der Waals surface area (Å²) in [6.45, 7) is 3.33. The average Bonchev–Trinajstić information content (AvgIpc) is 2.60. The van der Waals surface area contributed by atoms with Crippen molar-refractivity contribution in [2.24, 2.45) is 0 Å². The largest absolute Gasteiger partial charge is 0.480 e. The van der Waals surface area contributed by atoms with Gasteiger partial charge in [0.25, 0.3) is 5.91 Å². The lowest BCUT2D eigenvalue weighted by molar-refractivity contribution is -0.145. The molecule has 0 aromatic carbocycles. The molecule has 0 radical (unpaired) electrons. The van der Waals surface area contributed by atoms with Crippen molar-refractivity contribution in [2.75, 3.05) is 0 Å². The number of nitrogens with zero attached hydrogens (tertiary/aromatic N) is 1. The molecular weight excluding hydrogens is 260 g/mol. The summed E-state index contributed by atoms with van der Waals surface area (Å²) in [6, 6.07) is 0. The van der Waals surface area contributed by atoms with Crippen molar-refractivity contribution < 1.29 is 19.1 Å². The Kier molecular flexibility index (Phi) is 4.11. The normalized spacial score (nSPS) is 18.3. The Balaban J connectivity index is 2.21. The molecule has 1 heterocycles. The zero-order chi connectivity index (χ0) is 14.8. The van der Waals surface area contributed by atoms with Crippen LogP contribution in [0.4, 0.5) is 0 Å². The highest BCUT2D eigenvalue weighted by molar-refractivity contribution is 5.96. The molecule has 1 fully saturated rings. The molecule has 2 N–H and O–H groups in total. The Morgan fingerprint density at radius 2 is 1.80 bits per heavy atom. The number of carbonyl (C=O) groups is 2. The van der Waals surface area contributed by atoms with Crippen molar-refractivity contribution >= 4 is 11.9 Å². The van der Waals surface area contributed by atoms with Crippen LogP contribution in [-0.4, -0.2) is 27.5 Å². The van der Waals surface area contributed by atoms with Gasteiger partial charge in [-0.3, -0.25) is 4.79 Å². The van der Waals surface area contributed by atoms with Crippen molar-refractivity contribution in [3.63, 3.8) is 0 Å². The fourth-order valence-corrected chi connectivity index (χ4v) is 2.74. The van der Waals surface area contributed by atoms with Gasteiger partial charge < -0.3 is 14.8 Å². The molecule has 20 heavy (non-hydrogen) atoms. The van der Waals surface area contributed by atoms with Gasteiger partial charge in [-0.1, -0.05) is 25.7 Å². The molecule has 0 spiro atoms. The summed E-state index contributed by atoms with van der Waals surface area (Å²) in [6.07, 6.45) is 4.54. The summed E-state index contributed by atoms with van der Waals surface area (Å²) in [5.74, 6) is -0.959. The number of amides is 1. The van der Waals surface area contributed by atoms with Gasteiger partial charge in [-0.25, -0.2) is 9.78 Å². The van der Waals surface area contributed by atoms with Gasteiger partial charge in [-0.15, -0.1) is 0 Å². The Labute approximate surface area is 117 Å². The number of oxazole rings is 1. The summed E-state index contributed by atoms with van der Waals surface area (Å²) in [7, 11) is 0. The minimum atomic E-state index is -1.18. The lowest BCUT2D eigenvalue weighted by atomic mass is 9.90. The first kappa shape index (κ1) is 14.6. The molecule has 1 aromatic rings. The molecule has 0 aliphatic heterocycles. The number of carboxylic acids is 1. The van der Waals surface area contributed by atoms with Gasteiger partial charge in [0.15, 0.2) is 5.89 Å². The number of hydrogen-bond donors (Lipinski definition) is 2. The van der Waals surface area contributed by atoms with E-state index in [-0.39, 0.29) is 5.76 Å². The van der Waals surface area contributed by atoms with E-state index in [1.165, 1.54) is 0 Å². The Morgan fingerprint density at radius 3 is 2.25 bits per heavy atom. The van der Waals surface area contributed by atoms with E-state index in [0.717, 1.165) is 25.7 Å². The maximum atomic E-state index is 12.3. The number of rotatable bonds is 3. The standard InChI is InChI=1S/C14H20N2O4/c1-9-11(20-10(2)15-9)12(17)16-14(13(18)19)7-5-3-4-6-8-14/h3-8H2,1-2H3,(H,16,17)(H,18,19). The van der Waals surface area contributed by atoms with Crippen LogP contribution in [0.3, 0.4) is 0 Å². The maximum Gasteiger partial charge on any atom is 0.329 e. The third-order valence-electron chi connectivity index (χ3n) is 3.83. The molecule has 1 aliphatic rings. The summed E-state index contributed by atoms with van der Waals surface area (Å²) in [5.41, 5.74) is -0.699. The Bertz CT molecular complexity index is 513. The van der Waals surface area contributed by atoms with Gasteiger partial charge >= 0.3 is 5.97 Å². The molecule has 0 atom stereocenters. The number of nitrogens with one attached hydrogen (secondary N) is 1. The first-order valence-corrected chi connectivity index (χ1v) is 6.94. The highest BCUT2D eigenvalue weighted by atomic mass is 16.4. The van der Waals surface area contributed by atoms with Crippen molar-refractivity contribution in [3.8, 4) is 0 Å². The van der Waals surface area contributed by atoms with Crippen molar-refractivity contribution in [2.45, 2.75) is 57.9 Å². The second-order valence-electron chi connectivity index (χ2n) is 5.40. The highest BCUT2D eigenvalue weighted by Crippen LogP contribution is 2.28. The van der Waals surface area contributed by atoms with E-state index in [1.54, 1.807) is 13.8 Å². The van der Waals surface area contributed by atoms with Gasteiger partial charge in [0.2, 0.25) is 5.76 Å². The predicted octanol–water partition coefficient (Wildman–Crippen LogP) is 2.20. The van der Waals surface area contributed by atoms with Crippen LogP contribution in [0.1, 0.15) is 60.7 Å². The lowest BCUT2D eigenvalue weighted by Gasteiger charge is -2.28. The zero-order valence-electron chi connectivity index (χ0n) is 11.9. The van der Waals surface area contributed by atoms with Crippen molar-refractivity contribution in [1.29, 1.82) is 0 Å². The summed E-state index contributed by atoms with van der Waals surface area (Å²) >= 11 is 0. The van der Waals surface area contributed by atoms with Crippen LogP contribution in [0.25, 0.3) is 0 Å². The minimum absolute atomic E-state index is 0.104. The second kappa shape index (κ2) is 5.64. The van der Waals surface area contributed by atoms with E-state index in [1.807, 2.05) is 0 Å². The molecule has 2 rings (SSSR count). The number of carboxylic acid groups (broad SMARTS) is 1. The molecule has 1 aromatic heterocycles. The second-order valence-corrected chi connectivity index (χ2v) is 5.40. The topological polar surface area (TPSA) is 92.4 Å². The van der Waals surface area contributed by atoms with E-state index in [9.17, 15) is 14.7 Å². The van der Waals surface area contributed by atoms with Crippen LogP contribution < -0.4 is 5.32 Å². The van der Waals surface area contributed by atoms with Gasteiger partial charge in [0.1, 0.15) is 5.54 Å². The van der Waals surface area contributed by atoms with Crippen molar-refractivity contribution in [3.05, 3.63) is 17.3 Å². The smallest absolute Gasteiger partial charge is 0.329 e. The van der Waals surface area contributed by atoms with E-state index < -0.39 is 17.4 Å². The molecule has 0 bridgehead atoms. The minimum Gasteiger partial charge on any atom is -0.480 e. The zero-order valence-corrected chi connectivity index (χ0v) is 11.9. The summed E-state index contributed by atoms with van der Waals surface area (Å²) in [5, 5.41) is 12.2. The fraction of sp³-hybridized carbons (Fsp3) is 0.643. The molecule has 0 unspecified atom stereocenters. The first-order valence-electron chi connectivity index (χ1n) is 6.94. The molecule has 1 amide bonds. The molecule has 6 nitrogen and oxygen atoms in total. The molecule has 1 aliphatic carbocycles. The van der Waals surface area contributed by atoms with E-state index in [2.05, 4.69) is 10.3 Å². The van der Waals surface area contributed by atoms with Crippen LogP contribution in [-0.2, 0) is 4.79 Å². The number of aliphatic carboxylic acids is 1. The van der Waals surface area contributed by atoms with Crippen LogP contribution in [0, 0.1) is 13.8 Å². The third-order valence-corrected chi connectivity index (χ3v) is 3.83. The van der Waals surface area contributed by atoms with Gasteiger partial charge in [-0.2, -0.15) is 0 Å². The van der Waals surface area contributed by atoms with E-state index in [4.69, 9.17) is 4.42 Å². The third kappa shape index (κ3) is 2.84.